The summed E-state index contributed by atoms with van der Waals surface area (Å²) in [6.07, 6.45) is 0. The molecule has 0 aliphatic rings. The fraction of sp³-hybridized carbons (Fsp3) is 0. The summed E-state index contributed by atoms with van der Waals surface area (Å²) < 4.78 is 1.48. The summed E-state index contributed by atoms with van der Waals surface area (Å²) in [4.78, 5) is 11.0. The van der Waals surface area contributed by atoms with Gasteiger partial charge in [0.15, 0.2) is 0 Å². The molecular formula is C14H8N6O2S. The van der Waals surface area contributed by atoms with Gasteiger partial charge in [0.05, 0.1) is 27.1 Å². The quantitative estimate of drug-likeness (QED) is 0.535. The number of nitro groups is 1. The maximum Gasteiger partial charge on any atom is 0.283 e. The van der Waals surface area contributed by atoms with E-state index in [-0.39, 0.29) is 5.69 Å². The van der Waals surface area contributed by atoms with Gasteiger partial charge in [0.2, 0.25) is 5.16 Å². The molecule has 1 aromatic heterocycles. The molecule has 8 nitrogen and oxygen atoms in total. The van der Waals surface area contributed by atoms with Crippen molar-refractivity contribution >= 4 is 17.4 Å². The average molecular weight is 324 g/mol. The zero-order chi connectivity index (χ0) is 16.2. The Morgan fingerprint density at radius 2 is 2.00 bits per heavy atom. The largest absolute Gasteiger partial charge is 0.283 e. The molecule has 0 saturated heterocycles. The van der Waals surface area contributed by atoms with Crippen LogP contribution in [0.1, 0.15) is 5.56 Å². The molecule has 112 valence electrons. The highest BCUT2D eigenvalue weighted by Gasteiger charge is 2.19. The molecule has 3 aromatic rings. The van der Waals surface area contributed by atoms with Gasteiger partial charge in [-0.15, -0.1) is 5.10 Å². The number of benzene rings is 2. The van der Waals surface area contributed by atoms with Crippen LogP contribution in [0, 0.1) is 21.4 Å². The van der Waals surface area contributed by atoms with Crippen LogP contribution in [0.4, 0.5) is 5.69 Å². The minimum atomic E-state index is -0.500. The molecule has 0 aliphatic heterocycles. The number of hydrogen-bond acceptors (Lipinski definition) is 7. The molecular weight excluding hydrogens is 316 g/mol. The van der Waals surface area contributed by atoms with Gasteiger partial charge >= 0.3 is 0 Å². The van der Waals surface area contributed by atoms with Gasteiger partial charge < -0.3 is 0 Å². The number of para-hydroxylation sites is 1. The van der Waals surface area contributed by atoms with Crippen molar-refractivity contribution in [3.8, 4) is 11.8 Å². The molecule has 9 heteroatoms. The molecule has 1 heterocycles. The predicted octanol–water partition coefficient (Wildman–Crippen LogP) is 2.59. The number of aromatic nitrogens is 4. The van der Waals surface area contributed by atoms with E-state index in [2.05, 4.69) is 15.5 Å². The number of hydrogen-bond donors (Lipinski definition) is 0. The molecule has 0 saturated carbocycles. The average Bonchev–Trinajstić information content (AvgIpc) is 3.03. The van der Waals surface area contributed by atoms with E-state index in [9.17, 15) is 10.1 Å². The number of tetrazole rings is 1. The highest BCUT2D eigenvalue weighted by molar-refractivity contribution is 7.99. The van der Waals surface area contributed by atoms with Crippen LogP contribution >= 0.6 is 11.8 Å². The minimum Gasteiger partial charge on any atom is -0.258 e. The fourth-order valence-corrected chi connectivity index (χ4v) is 2.82. The van der Waals surface area contributed by atoms with E-state index in [1.807, 2.05) is 36.4 Å². The molecule has 3 rings (SSSR count). The van der Waals surface area contributed by atoms with Crippen molar-refractivity contribution in [2.24, 2.45) is 0 Å². The van der Waals surface area contributed by atoms with Crippen LogP contribution in [-0.4, -0.2) is 25.1 Å². The van der Waals surface area contributed by atoms with Gasteiger partial charge in [0.25, 0.3) is 5.69 Å². The van der Waals surface area contributed by atoms with E-state index in [4.69, 9.17) is 5.26 Å². The van der Waals surface area contributed by atoms with Crippen molar-refractivity contribution in [1.29, 1.82) is 5.26 Å². The van der Waals surface area contributed by atoms with Crippen LogP contribution in [-0.2, 0) is 0 Å². The highest BCUT2D eigenvalue weighted by atomic mass is 32.2. The predicted molar refractivity (Wildman–Crippen MR) is 81.1 cm³/mol. The minimum absolute atomic E-state index is 0.100. The third-order valence-corrected chi connectivity index (χ3v) is 3.91. The Balaban J connectivity index is 2.03. The summed E-state index contributed by atoms with van der Waals surface area (Å²) >= 11 is 1.03. The van der Waals surface area contributed by atoms with E-state index >= 15 is 0 Å². The number of rotatable bonds is 4. The van der Waals surface area contributed by atoms with Crippen molar-refractivity contribution in [2.45, 2.75) is 10.1 Å². The Morgan fingerprint density at radius 3 is 2.70 bits per heavy atom. The highest BCUT2D eigenvalue weighted by Crippen LogP contribution is 2.34. The van der Waals surface area contributed by atoms with Crippen LogP contribution in [0.5, 0.6) is 0 Å². The van der Waals surface area contributed by atoms with Gasteiger partial charge in [-0.25, -0.2) is 0 Å². The molecule has 0 aliphatic carbocycles. The Bertz CT molecular complexity index is 903. The first-order chi connectivity index (χ1) is 11.2. The third-order valence-electron chi connectivity index (χ3n) is 2.93. The molecule has 0 spiro atoms. The molecule has 0 unspecified atom stereocenters. The van der Waals surface area contributed by atoms with Crippen molar-refractivity contribution in [1.82, 2.24) is 20.2 Å². The van der Waals surface area contributed by atoms with Crippen LogP contribution < -0.4 is 0 Å². The SMILES string of the molecule is N#Cc1ccc([N+](=O)[O-])c(Sc2nnnn2-c2ccccc2)c1. The summed E-state index contributed by atoms with van der Waals surface area (Å²) in [5.74, 6) is 0. The summed E-state index contributed by atoms with van der Waals surface area (Å²) in [6.45, 7) is 0. The first kappa shape index (κ1) is 14.7. The Morgan fingerprint density at radius 1 is 1.22 bits per heavy atom. The molecule has 0 atom stereocenters. The Hall–Kier alpha value is -3.25. The van der Waals surface area contributed by atoms with E-state index in [0.717, 1.165) is 17.4 Å². The van der Waals surface area contributed by atoms with E-state index in [0.29, 0.717) is 15.6 Å². The van der Waals surface area contributed by atoms with Crippen molar-refractivity contribution in [2.75, 3.05) is 0 Å². The summed E-state index contributed by atoms with van der Waals surface area (Å²) in [7, 11) is 0. The molecule has 0 amide bonds. The fourth-order valence-electron chi connectivity index (χ4n) is 1.89. The van der Waals surface area contributed by atoms with E-state index in [1.54, 1.807) is 0 Å². The van der Waals surface area contributed by atoms with Gasteiger partial charge in [-0.3, -0.25) is 10.1 Å². The smallest absolute Gasteiger partial charge is 0.258 e. The van der Waals surface area contributed by atoms with Crippen molar-refractivity contribution < 1.29 is 4.92 Å². The monoisotopic (exact) mass is 324 g/mol. The second kappa shape index (κ2) is 6.25. The van der Waals surface area contributed by atoms with Crippen molar-refractivity contribution in [3.63, 3.8) is 0 Å². The molecule has 0 radical (unpaired) electrons. The lowest BCUT2D eigenvalue weighted by Gasteiger charge is -2.05. The standard InChI is InChI=1S/C14H8N6O2S/c15-9-10-6-7-12(20(21)22)13(8-10)23-14-16-17-18-19(14)11-4-2-1-3-5-11/h1-8H. The van der Waals surface area contributed by atoms with Crippen LogP contribution in [0.2, 0.25) is 0 Å². The summed E-state index contributed by atoms with van der Waals surface area (Å²) in [5.41, 5.74) is 0.965. The van der Waals surface area contributed by atoms with Gasteiger partial charge in [-0.05, 0) is 46.5 Å². The molecule has 0 bridgehead atoms. The van der Waals surface area contributed by atoms with Crippen LogP contribution in [0.25, 0.3) is 5.69 Å². The second-order valence-corrected chi connectivity index (χ2v) is 5.37. The molecule has 2 aromatic carbocycles. The molecule has 0 N–H and O–H groups in total. The van der Waals surface area contributed by atoms with Gasteiger partial charge in [0, 0.05) is 6.07 Å². The van der Waals surface area contributed by atoms with Gasteiger partial charge in [-0.2, -0.15) is 9.94 Å². The first-order valence-corrected chi connectivity index (χ1v) is 7.21. The zero-order valence-electron chi connectivity index (χ0n) is 11.5. The summed E-state index contributed by atoms with van der Waals surface area (Å²) in [6, 6.07) is 15.3. The summed E-state index contributed by atoms with van der Waals surface area (Å²) in [5, 5.41) is 31.9. The molecule has 0 fully saturated rings. The lowest BCUT2D eigenvalue weighted by molar-refractivity contribution is -0.387. The van der Waals surface area contributed by atoms with Crippen LogP contribution in [0.15, 0.2) is 58.6 Å². The van der Waals surface area contributed by atoms with Crippen LogP contribution in [0.3, 0.4) is 0 Å². The van der Waals surface area contributed by atoms with Gasteiger partial charge in [-0.1, -0.05) is 18.2 Å². The topological polar surface area (TPSA) is 111 Å². The maximum absolute atomic E-state index is 11.2. The zero-order valence-corrected chi connectivity index (χ0v) is 12.3. The van der Waals surface area contributed by atoms with E-state index < -0.39 is 4.92 Å². The Kier molecular flexibility index (Phi) is 3.99. The lowest BCUT2D eigenvalue weighted by Crippen LogP contribution is -1.99. The van der Waals surface area contributed by atoms with Gasteiger partial charge in [0.1, 0.15) is 0 Å². The maximum atomic E-state index is 11.2. The normalized spacial score (nSPS) is 10.2. The lowest BCUT2D eigenvalue weighted by atomic mass is 10.2. The number of nitriles is 1. The number of nitro benzene ring substituents is 1. The number of nitrogens with zero attached hydrogens (tertiary/aromatic N) is 6. The third kappa shape index (κ3) is 3.02. The first-order valence-electron chi connectivity index (χ1n) is 6.39. The van der Waals surface area contributed by atoms with Crippen molar-refractivity contribution in [3.05, 3.63) is 64.2 Å². The molecule has 23 heavy (non-hydrogen) atoms. The van der Waals surface area contributed by atoms with E-state index in [1.165, 1.54) is 22.9 Å². The Labute approximate surface area is 134 Å². The second-order valence-electron chi connectivity index (χ2n) is 4.36.